The Kier molecular flexibility index (Phi) is 22.1. The Morgan fingerprint density at radius 3 is 1.62 bits per heavy atom. The van der Waals surface area contributed by atoms with Crippen LogP contribution in [0.1, 0.15) is 250 Å². The van der Waals surface area contributed by atoms with E-state index in [1.165, 1.54) is 193 Å². The lowest BCUT2D eigenvalue weighted by molar-refractivity contribution is -0.163. The number of aryl methyl sites for hydroxylation is 1. The fourth-order valence-electron chi connectivity index (χ4n) is 13.1. The largest absolute Gasteiger partial charge is 0.543 e. The molecule has 0 radical (unpaired) electrons. The molecule has 3 aliphatic carbocycles. The van der Waals surface area contributed by atoms with Gasteiger partial charge in [-0.15, -0.1) is 0 Å². The second-order valence-corrected chi connectivity index (χ2v) is 28.8. The molecule has 2 saturated heterocycles. The minimum absolute atomic E-state index is 0.0512. The maximum atomic E-state index is 12.7. The lowest BCUT2D eigenvalue weighted by Gasteiger charge is -2.50. The molecule has 6 rings (SSSR count). The smallest absolute Gasteiger partial charge is 0.250 e. The molecule has 2 heterocycles. The monoisotopic (exact) mass is 923 g/mol. The Hall–Kier alpha value is -0.963. The highest BCUT2D eigenvalue weighted by molar-refractivity contribution is 6.74. The van der Waals surface area contributed by atoms with Gasteiger partial charge in [-0.25, -0.2) is 0 Å². The highest BCUT2D eigenvalue weighted by Gasteiger charge is 2.63. The number of ether oxygens (including phenoxy) is 4. The summed E-state index contributed by atoms with van der Waals surface area (Å²) in [5.74, 6) is 3.05. The van der Waals surface area contributed by atoms with E-state index in [0.29, 0.717) is 17.8 Å². The SMILES string of the molecule is CC(C)(C)[Si](C)(C)Oc1ccc2c(c1)CC[C@@H]1[C@@H]2CC[C@@]2(C)[C@H]1CC(CCCCCCCCCCCCOC1CCCCO1)(CCCCCCCCCCCCOC1CCCCO1)[C@@H]2O. The third-order valence-electron chi connectivity index (χ3n) is 18.2. The number of hydrogen-bond acceptors (Lipinski definition) is 6. The number of rotatable bonds is 30. The summed E-state index contributed by atoms with van der Waals surface area (Å²) in [6.45, 7) is 17.7. The lowest BCUT2D eigenvalue weighted by atomic mass is 9.55. The highest BCUT2D eigenvalue weighted by Crippen LogP contribution is 2.67. The van der Waals surface area contributed by atoms with Crippen LogP contribution in [0.2, 0.25) is 18.1 Å². The fourth-order valence-corrected chi connectivity index (χ4v) is 14.1. The Morgan fingerprint density at radius 2 is 1.14 bits per heavy atom. The summed E-state index contributed by atoms with van der Waals surface area (Å²) in [6.07, 6.45) is 42.0. The van der Waals surface area contributed by atoms with Crippen molar-refractivity contribution >= 4 is 8.32 Å². The van der Waals surface area contributed by atoms with Gasteiger partial charge in [-0.1, -0.05) is 149 Å². The summed E-state index contributed by atoms with van der Waals surface area (Å²) in [5, 5.41) is 12.9. The molecule has 1 aromatic carbocycles. The standard InChI is InChI=1S/C58H102O6Si/c1-56(2,3)65(5,6)64-48-34-36-49-47(45-48)33-35-51-50(49)37-40-57(4)52(51)46-58(55(57)59,38-25-19-15-11-7-9-13-17-21-27-41-60-53-31-23-29-43-62-53)39-26-20-16-12-8-10-14-18-22-28-42-61-54-32-24-30-44-63-54/h34,36,45,50-55,59H,7-33,35,37-44,46H2,1-6H3/t50-,51-,52+,53?,54?,55-,57+,58?/m1/s1. The van der Waals surface area contributed by atoms with Gasteiger partial charge in [0.05, 0.1) is 6.10 Å². The molecule has 0 bridgehead atoms. The summed E-state index contributed by atoms with van der Waals surface area (Å²) < 4.78 is 30.1. The molecular weight excluding hydrogens is 821 g/mol. The van der Waals surface area contributed by atoms with Crippen LogP contribution in [0.15, 0.2) is 18.2 Å². The van der Waals surface area contributed by atoms with Gasteiger partial charge in [-0.2, -0.15) is 0 Å². The number of aliphatic hydroxyl groups is 1. The van der Waals surface area contributed by atoms with Gasteiger partial charge in [-0.3, -0.25) is 0 Å². The van der Waals surface area contributed by atoms with Crippen molar-refractivity contribution in [1.29, 1.82) is 0 Å². The molecule has 65 heavy (non-hydrogen) atoms. The molecule has 2 unspecified atom stereocenters. The maximum Gasteiger partial charge on any atom is 0.250 e. The number of fused-ring (bicyclic) bond motifs is 5. The first kappa shape index (κ1) is 53.4. The minimum atomic E-state index is -1.89. The van der Waals surface area contributed by atoms with Crippen molar-refractivity contribution in [1.82, 2.24) is 0 Å². The molecule has 2 aliphatic heterocycles. The molecule has 1 aromatic rings. The quantitative estimate of drug-likeness (QED) is 0.0613. The Morgan fingerprint density at radius 1 is 0.646 bits per heavy atom. The van der Waals surface area contributed by atoms with Crippen LogP contribution in [-0.4, -0.2) is 58.5 Å². The molecular formula is C58H102O6Si. The maximum absolute atomic E-state index is 12.7. The van der Waals surface area contributed by atoms with Crippen molar-refractivity contribution in [2.75, 3.05) is 26.4 Å². The van der Waals surface area contributed by atoms with E-state index < -0.39 is 8.32 Å². The molecule has 0 aromatic heterocycles. The number of benzene rings is 1. The molecule has 6 nitrogen and oxygen atoms in total. The Balaban J connectivity index is 0.938. The van der Waals surface area contributed by atoms with Crippen LogP contribution in [0.5, 0.6) is 5.75 Å². The van der Waals surface area contributed by atoms with E-state index >= 15 is 0 Å². The second-order valence-electron chi connectivity index (χ2n) is 24.1. The zero-order valence-electron chi connectivity index (χ0n) is 43.3. The first-order valence-electron chi connectivity index (χ1n) is 28.4. The van der Waals surface area contributed by atoms with Gasteiger partial charge in [0.1, 0.15) is 5.75 Å². The second kappa shape index (κ2) is 26.9. The molecule has 0 amide bonds. The molecule has 374 valence electrons. The fraction of sp³-hybridized carbons (Fsp3) is 0.897. The van der Waals surface area contributed by atoms with Gasteiger partial charge >= 0.3 is 0 Å². The predicted octanol–water partition coefficient (Wildman–Crippen LogP) is 16.6. The van der Waals surface area contributed by atoms with Gasteiger partial charge in [0.2, 0.25) is 8.32 Å². The van der Waals surface area contributed by atoms with Crippen LogP contribution < -0.4 is 4.43 Å². The molecule has 2 saturated carbocycles. The van der Waals surface area contributed by atoms with Gasteiger partial charge in [0, 0.05) is 26.4 Å². The van der Waals surface area contributed by atoms with Crippen molar-refractivity contribution in [3.63, 3.8) is 0 Å². The van der Waals surface area contributed by atoms with E-state index in [1.54, 1.807) is 11.1 Å². The average Bonchev–Trinajstić information content (AvgIpc) is 3.52. The van der Waals surface area contributed by atoms with Gasteiger partial charge in [-0.05, 0) is 166 Å². The van der Waals surface area contributed by atoms with Crippen LogP contribution in [0.25, 0.3) is 0 Å². The predicted molar refractivity (Wildman–Crippen MR) is 273 cm³/mol. The minimum Gasteiger partial charge on any atom is -0.543 e. The first-order valence-corrected chi connectivity index (χ1v) is 31.3. The molecule has 7 atom stereocenters. The molecule has 1 N–H and O–H groups in total. The molecule has 0 spiro atoms. The summed E-state index contributed by atoms with van der Waals surface area (Å²) in [7, 11) is -1.89. The van der Waals surface area contributed by atoms with Crippen LogP contribution in [0.4, 0.5) is 0 Å². The topological polar surface area (TPSA) is 66.4 Å². The number of aliphatic hydroxyl groups excluding tert-OH is 1. The van der Waals surface area contributed by atoms with Crippen LogP contribution >= 0.6 is 0 Å². The van der Waals surface area contributed by atoms with E-state index in [2.05, 4.69) is 59.0 Å². The molecule has 5 aliphatic rings. The van der Waals surface area contributed by atoms with Crippen LogP contribution in [0, 0.1) is 22.7 Å². The Labute approximate surface area is 401 Å². The van der Waals surface area contributed by atoms with E-state index in [0.717, 1.165) is 51.4 Å². The zero-order valence-corrected chi connectivity index (χ0v) is 44.3. The first-order chi connectivity index (χ1) is 31.4. The van der Waals surface area contributed by atoms with E-state index in [-0.39, 0.29) is 34.6 Å². The van der Waals surface area contributed by atoms with Crippen molar-refractivity contribution in [3.8, 4) is 5.75 Å². The summed E-state index contributed by atoms with van der Waals surface area (Å²) in [6, 6.07) is 7.19. The third-order valence-corrected chi connectivity index (χ3v) is 22.5. The van der Waals surface area contributed by atoms with Crippen LogP contribution in [-0.2, 0) is 25.4 Å². The van der Waals surface area contributed by atoms with Crippen molar-refractivity contribution in [2.24, 2.45) is 22.7 Å². The van der Waals surface area contributed by atoms with E-state index in [1.807, 2.05) is 0 Å². The van der Waals surface area contributed by atoms with Gasteiger partial charge < -0.3 is 28.5 Å². The van der Waals surface area contributed by atoms with Crippen molar-refractivity contribution in [2.45, 2.75) is 282 Å². The average molecular weight is 924 g/mol. The molecule has 4 fully saturated rings. The highest BCUT2D eigenvalue weighted by atomic mass is 28.4. The summed E-state index contributed by atoms with van der Waals surface area (Å²) >= 11 is 0. The normalized spacial score (nSPS) is 29.3. The van der Waals surface area contributed by atoms with Gasteiger partial charge in [0.25, 0.3) is 0 Å². The van der Waals surface area contributed by atoms with E-state index in [9.17, 15) is 5.11 Å². The Bertz CT molecular complexity index is 1420. The van der Waals surface area contributed by atoms with Crippen LogP contribution in [0.3, 0.4) is 0 Å². The zero-order chi connectivity index (χ0) is 46.0. The summed E-state index contributed by atoms with van der Waals surface area (Å²) in [4.78, 5) is 0. The number of hydrogen-bond donors (Lipinski definition) is 1. The van der Waals surface area contributed by atoms with Crippen molar-refractivity contribution in [3.05, 3.63) is 29.3 Å². The number of unbranched alkanes of at least 4 members (excludes halogenated alkanes) is 18. The third kappa shape index (κ3) is 15.8. The summed E-state index contributed by atoms with van der Waals surface area (Å²) in [5.41, 5.74) is 3.29. The van der Waals surface area contributed by atoms with Crippen molar-refractivity contribution < 1.29 is 28.5 Å². The molecule has 7 heteroatoms. The van der Waals surface area contributed by atoms with Gasteiger partial charge in [0.15, 0.2) is 12.6 Å². The van der Waals surface area contributed by atoms with E-state index in [4.69, 9.17) is 23.4 Å². The lowest BCUT2D eigenvalue weighted by Crippen LogP contribution is -2.46.